The first-order valence-electron chi connectivity index (χ1n) is 10.8. The molecule has 0 spiro atoms. The Bertz CT molecular complexity index is 882. The zero-order valence-electron chi connectivity index (χ0n) is 18.7. The summed E-state index contributed by atoms with van der Waals surface area (Å²) < 4.78 is 0. The lowest BCUT2D eigenvalue weighted by molar-refractivity contribution is -0.116. The fourth-order valence-electron chi connectivity index (χ4n) is 3.67. The molecule has 1 fully saturated rings. The molecule has 31 heavy (non-hydrogen) atoms. The molecule has 2 aromatic carbocycles. The summed E-state index contributed by atoms with van der Waals surface area (Å²) in [6, 6.07) is 16.1. The van der Waals surface area contributed by atoms with E-state index in [-0.39, 0.29) is 11.9 Å². The lowest BCUT2D eigenvalue weighted by atomic mass is 10.2. The number of urea groups is 1. The van der Waals surface area contributed by atoms with Crippen LogP contribution in [0, 0.1) is 6.92 Å². The molecule has 0 saturated carbocycles. The number of carbonyl (C=O) groups excluding carboxylic acids is 2. The molecule has 1 heterocycles. The molecule has 0 unspecified atom stereocenters. The predicted molar refractivity (Wildman–Crippen MR) is 125 cm³/mol. The number of carbonyl (C=O) groups is 2. The molecule has 3 rings (SSSR count). The van der Waals surface area contributed by atoms with E-state index in [1.807, 2.05) is 48.2 Å². The van der Waals surface area contributed by atoms with E-state index in [0.29, 0.717) is 19.6 Å². The van der Waals surface area contributed by atoms with Crippen LogP contribution in [0.2, 0.25) is 0 Å². The van der Waals surface area contributed by atoms with E-state index in [2.05, 4.69) is 46.7 Å². The number of nitrogens with one attached hydrogen (secondary N) is 2. The average molecular weight is 424 g/mol. The van der Waals surface area contributed by atoms with Gasteiger partial charge in [0.15, 0.2) is 0 Å². The molecule has 3 amide bonds. The first-order valence-corrected chi connectivity index (χ1v) is 10.8. The van der Waals surface area contributed by atoms with Crippen LogP contribution in [0.5, 0.6) is 0 Å². The lowest BCUT2D eigenvalue weighted by Crippen LogP contribution is -2.41. The Morgan fingerprint density at radius 3 is 2.52 bits per heavy atom. The summed E-state index contributed by atoms with van der Waals surface area (Å²) in [5.41, 5.74) is 4.15. The number of hydrogen-bond acceptors (Lipinski definition) is 4. The maximum atomic E-state index is 12.7. The van der Waals surface area contributed by atoms with Crippen LogP contribution in [0.15, 0.2) is 48.5 Å². The number of anilines is 2. The molecule has 0 atom stereocenters. The van der Waals surface area contributed by atoms with Crippen LogP contribution < -0.4 is 15.5 Å². The smallest absolute Gasteiger partial charge is 0.317 e. The molecule has 2 N–H and O–H groups in total. The molecule has 0 bridgehead atoms. The number of amides is 3. The third-order valence-corrected chi connectivity index (χ3v) is 5.30. The standard InChI is InChI=1S/C24H33N5O2/c1-19-8-10-22(11-9-19)28-12-5-13-29(15-14-28)24(31)25-17-20-6-4-7-21(16-20)26-23(30)18-27(2)3/h4,6-11,16H,5,12-15,17-18H2,1-3H3,(H,25,31)(H,26,30). The number of aryl methyl sites for hydroxylation is 1. The molecule has 0 aliphatic carbocycles. The predicted octanol–water partition coefficient (Wildman–Crippen LogP) is 2.92. The zero-order valence-corrected chi connectivity index (χ0v) is 18.7. The molecule has 1 aliphatic heterocycles. The van der Waals surface area contributed by atoms with Crippen LogP contribution in [0.4, 0.5) is 16.2 Å². The Kier molecular flexibility index (Phi) is 7.89. The summed E-state index contributed by atoms with van der Waals surface area (Å²) in [5.74, 6) is -0.0612. The third-order valence-electron chi connectivity index (χ3n) is 5.30. The lowest BCUT2D eigenvalue weighted by Gasteiger charge is -2.24. The summed E-state index contributed by atoms with van der Waals surface area (Å²) in [4.78, 5) is 30.7. The van der Waals surface area contributed by atoms with E-state index in [1.165, 1.54) is 11.3 Å². The molecular formula is C24H33N5O2. The Morgan fingerprint density at radius 1 is 1.00 bits per heavy atom. The van der Waals surface area contributed by atoms with Crippen LogP contribution in [0.25, 0.3) is 0 Å². The third kappa shape index (κ3) is 7.00. The number of hydrogen-bond donors (Lipinski definition) is 2. The van der Waals surface area contributed by atoms with Gasteiger partial charge in [0.1, 0.15) is 0 Å². The van der Waals surface area contributed by atoms with E-state index in [4.69, 9.17) is 0 Å². The second-order valence-electron chi connectivity index (χ2n) is 8.31. The van der Waals surface area contributed by atoms with Crippen LogP contribution >= 0.6 is 0 Å². The van der Waals surface area contributed by atoms with Crippen molar-refractivity contribution in [3.63, 3.8) is 0 Å². The minimum atomic E-state index is -0.0612. The Hall–Kier alpha value is -3.06. The summed E-state index contributed by atoms with van der Waals surface area (Å²) in [6.45, 7) is 6.05. The highest BCUT2D eigenvalue weighted by Crippen LogP contribution is 2.17. The fraction of sp³-hybridized carbons (Fsp3) is 0.417. The first-order chi connectivity index (χ1) is 14.9. The normalized spacial score (nSPS) is 14.3. The van der Waals surface area contributed by atoms with E-state index in [1.54, 1.807) is 0 Å². The maximum absolute atomic E-state index is 12.7. The van der Waals surface area contributed by atoms with E-state index >= 15 is 0 Å². The molecule has 0 aromatic heterocycles. The van der Waals surface area contributed by atoms with Gasteiger partial charge in [-0.25, -0.2) is 4.79 Å². The molecule has 1 aliphatic rings. The second kappa shape index (κ2) is 10.8. The van der Waals surface area contributed by atoms with E-state index < -0.39 is 0 Å². The number of nitrogens with zero attached hydrogens (tertiary/aromatic N) is 3. The quantitative estimate of drug-likeness (QED) is 0.750. The van der Waals surface area contributed by atoms with Gasteiger partial charge in [0.25, 0.3) is 0 Å². The van der Waals surface area contributed by atoms with Crippen molar-refractivity contribution >= 4 is 23.3 Å². The number of rotatable bonds is 6. The van der Waals surface area contributed by atoms with Gasteiger partial charge in [0.2, 0.25) is 5.91 Å². The highest BCUT2D eigenvalue weighted by Gasteiger charge is 2.19. The van der Waals surface area contributed by atoms with Gasteiger partial charge in [-0.2, -0.15) is 0 Å². The average Bonchev–Trinajstić information content (AvgIpc) is 2.98. The van der Waals surface area contributed by atoms with Crippen molar-refractivity contribution in [3.8, 4) is 0 Å². The highest BCUT2D eigenvalue weighted by molar-refractivity contribution is 5.92. The molecule has 7 nitrogen and oxygen atoms in total. The topological polar surface area (TPSA) is 67.9 Å². The second-order valence-corrected chi connectivity index (χ2v) is 8.31. The molecule has 7 heteroatoms. The monoisotopic (exact) mass is 423 g/mol. The van der Waals surface area contributed by atoms with Gasteiger partial charge in [0.05, 0.1) is 6.54 Å². The van der Waals surface area contributed by atoms with Gasteiger partial charge in [-0.05, 0) is 57.3 Å². The fourth-order valence-corrected chi connectivity index (χ4v) is 3.67. The van der Waals surface area contributed by atoms with Crippen molar-refractivity contribution in [1.29, 1.82) is 0 Å². The highest BCUT2D eigenvalue weighted by atomic mass is 16.2. The minimum absolute atomic E-state index is 0.0483. The SMILES string of the molecule is Cc1ccc(N2CCCN(C(=O)NCc3cccc(NC(=O)CN(C)C)c3)CC2)cc1. The summed E-state index contributed by atoms with van der Waals surface area (Å²) in [5, 5.41) is 5.91. The Labute approximate surface area is 185 Å². The van der Waals surface area contributed by atoms with Gasteiger partial charge in [-0.3, -0.25) is 4.79 Å². The first kappa shape index (κ1) is 22.6. The van der Waals surface area contributed by atoms with Gasteiger partial charge in [-0.15, -0.1) is 0 Å². The van der Waals surface area contributed by atoms with Gasteiger partial charge in [0, 0.05) is 44.1 Å². The van der Waals surface area contributed by atoms with Gasteiger partial charge < -0.3 is 25.3 Å². The van der Waals surface area contributed by atoms with Gasteiger partial charge >= 0.3 is 6.03 Å². The van der Waals surface area contributed by atoms with Crippen LogP contribution in [0.1, 0.15) is 17.5 Å². The summed E-state index contributed by atoms with van der Waals surface area (Å²) in [6.07, 6.45) is 0.939. The van der Waals surface area contributed by atoms with E-state index in [9.17, 15) is 9.59 Å². The molecule has 1 saturated heterocycles. The number of benzene rings is 2. The largest absolute Gasteiger partial charge is 0.370 e. The molecular weight excluding hydrogens is 390 g/mol. The zero-order chi connectivity index (χ0) is 22.2. The van der Waals surface area contributed by atoms with Crippen molar-refractivity contribution in [1.82, 2.24) is 15.1 Å². The van der Waals surface area contributed by atoms with Crippen molar-refractivity contribution in [2.24, 2.45) is 0 Å². The minimum Gasteiger partial charge on any atom is -0.370 e. The molecule has 0 radical (unpaired) electrons. The van der Waals surface area contributed by atoms with Crippen molar-refractivity contribution in [2.75, 3.05) is 57.0 Å². The van der Waals surface area contributed by atoms with Crippen molar-refractivity contribution in [2.45, 2.75) is 19.9 Å². The Morgan fingerprint density at radius 2 is 1.77 bits per heavy atom. The summed E-state index contributed by atoms with van der Waals surface area (Å²) in [7, 11) is 3.71. The summed E-state index contributed by atoms with van der Waals surface area (Å²) >= 11 is 0. The van der Waals surface area contributed by atoms with Crippen molar-refractivity contribution in [3.05, 3.63) is 59.7 Å². The van der Waals surface area contributed by atoms with Gasteiger partial charge in [-0.1, -0.05) is 29.8 Å². The molecule has 2 aromatic rings. The van der Waals surface area contributed by atoms with Crippen LogP contribution in [0.3, 0.4) is 0 Å². The van der Waals surface area contributed by atoms with Crippen LogP contribution in [-0.2, 0) is 11.3 Å². The van der Waals surface area contributed by atoms with Crippen LogP contribution in [-0.4, -0.2) is 68.6 Å². The van der Waals surface area contributed by atoms with E-state index in [0.717, 1.165) is 37.3 Å². The Balaban J connectivity index is 1.50. The van der Waals surface area contributed by atoms with Crippen molar-refractivity contribution < 1.29 is 9.59 Å². The number of likely N-dealkylation sites (N-methyl/N-ethyl adjacent to an activating group) is 1. The maximum Gasteiger partial charge on any atom is 0.317 e. The molecule has 166 valence electrons.